The van der Waals surface area contributed by atoms with E-state index in [-0.39, 0.29) is 25.5 Å². The number of amides is 1. The number of benzene rings is 1. The Morgan fingerprint density at radius 2 is 2.13 bits per heavy atom. The monoisotopic (exact) mass is 438 g/mol. The molecule has 1 amide bonds. The highest BCUT2D eigenvalue weighted by atomic mass is 32.2. The van der Waals surface area contributed by atoms with Crippen molar-refractivity contribution in [3.63, 3.8) is 0 Å². The van der Waals surface area contributed by atoms with Gasteiger partial charge in [0.05, 0.1) is 25.1 Å². The van der Waals surface area contributed by atoms with Crippen molar-refractivity contribution in [3.8, 4) is 5.75 Å². The number of sulfonamides is 1. The number of hydrogen-bond donors (Lipinski definition) is 3. The third-order valence-corrected chi connectivity index (χ3v) is 6.02. The van der Waals surface area contributed by atoms with Gasteiger partial charge >= 0.3 is 0 Å². The first kappa shape index (κ1) is 23.4. The molecule has 1 aliphatic rings. The van der Waals surface area contributed by atoms with Crippen LogP contribution in [0.25, 0.3) is 0 Å². The van der Waals surface area contributed by atoms with E-state index in [9.17, 15) is 13.2 Å². The Kier molecular flexibility index (Phi) is 7.95. The quantitative estimate of drug-likeness (QED) is 0.503. The number of imidazole rings is 1. The number of aromatic amines is 1. The van der Waals surface area contributed by atoms with Gasteiger partial charge in [0.1, 0.15) is 5.75 Å². The molecule has 1 aliphatic heterocycles. The van der Waals surface area contributed by atoms with Gasteiger partial charge in [-0.1, -0.05) is 12.1 Å². The van der Waals surface area contributed by atoms with Crippen LogP contribution in [0.2, 0.25) is 0 Å². The van der Waals surface area contributed by atoms with Crippen molar-refractivity contribution < 1.29 is 27.9 Å². The molecule has 1 aromatic carbocycles. The van der Waals surface area contributed by atoms with Gasteiger partial charge in [-0.05, 0) is 24.1 Å². The van der Waals surface area contributed by atoms with E-state index in [1.54, 1.807) is 19.6 Å². The maximum Gasteiger partial charge on any atom is 0.290 e. The number of nitrogens with zero attached hydrogens (tertiary/aromatic N) is 2. The van der Waals surface area contributed by atoms with Crippen LogP contribution in [0.5, 0.6) is 5.75 Å². The number of aromatic nitrogens is 2. The summed E-state index contributed by atoms with van der Waals surface area (Å²) in [6, 6.07) is 7.50. The van der Waals surface area contributed by atoms with Crippen molar-refractivity contribution in [2.24, 2.45) is 5.41 Å². The summed E-state index contributed by atoms with van der Waals surface area (Å²) in [4.78, 5) is 28.2. The summed E-state index contributed by atoms with van der Waals surface area (Å²) in [7, 11) is -1.73. The predicted molar refractivity (Wildman–Crippen MR) is 110 cm³/mol. The number of carbonyl (C=O) groups is 2. The van der Waals surface area contributed by atoms with Gasteiger partial charge in [0.25, 0.3) is 6.47 Å². The third kappa shape index (κ3) is 6.04. The Balaban J connectivity index is 0.00000101. The highest BCUT2D eigenvalue weighted by Crippen LogP contribution is 2.36. The van der Waals surface area contributed by atoms with Crippen LogP contribution in [0.1, 0.15) is 11.3 Å². The molecule has 0 spiro atoms. The largest absolute Gasteiger partial charge is 0.497 e. The molecule has 3 rings (SSSR count). The molecule has 0 aliphatic carbocycles. The molecule has 0 saturated carbocycles. The summed E-state index contributed by atoms with van der Waals surface area (Å²) in [6.45, 7) is 0.567. The average Bonchev–Trinajstić information content (AvgIpc) is 3.17. The Hall–Kier alpha value is -2.92. The minimum absolute atomic E-state index is 0.135. The smallest absolute Gasteiger partial charge is 0.290 e. The van der Waals surface area contributed by atoms with E-state index in [4.69, 9.17) is 14.6 Å². The molecular weight excluding hydrogens is 412 g/mol. The van der Waals surface area contributed by atoms with Crippen LogP contribution in [0.3, 0.4) is 0 Å². The molecule has 30 heavy (non-hydrogen) atoms. The van der Waals surface area contributed by atoms with Gasteiger partial charge in [0.2, 0.25) is 15.9 Å². The second kappa shape index (κ2) is 10.2. The maximum absolute atomic E-state index is 12.9. The zero-order valence-electron chi connectivity index (χ0n) is 16.9. The molecule has 2 aromatic rings. The van der Waals surface area contributed by atoms with E-state index in [1.165, 1.54) is 10.6 Å². The number of methoxy groups -OCH3 is 1. The summed E-state index contributed by atoms with van der Waals surface area (Å²) in [6.07, 6.45) is 5.56. The van der Waals surface area contributed by atoms with Crippen LogP contribution in [-0.2, 0) is 32.5 Å². The van der Waals surface area contributed by atoms with Crippen molar-refractivity contribution in [3.05, 3.63) is 48.0 Å². The first-order valence-electron chi connectivity index (χ1n) is 9.15. The van der Waals surface area contributed by atoms with Crippen LogP contribution in [0.15, 0.2) is 36.8 Å². The molecule has 3 N–H and O–H groups in total. The summed E-state index contributed by atoms with van der Waals surface area (Å²) in [5.74, 6) is 0.575. The molecule has 164 valence electrons. The normalized spacial score (nSPS) is 15.3. The molecule has 1 aromatic heterocycles. The number of H-pyrrole nitrogens is 1. The highest BCUT2D eigenvalue weighted by molar-refractivity contribution is 7.88. The molecule has 11 heteroatoms. The van der Waals surface area contributed by atoms with Crippen LogP contribution < -0.4 is 10.1 Å². The van der Waals surface area contributed by atoms with E-state index < -0.39 is 15.4 Å². The van der Waals surface area contributed by atoms with Gasteiger partial charge in [-0.25, -0.2) is 13.4 Å². The Labute approximate surface area is 175 Å². The summed E-state index contributed by atoms with van der Waals surface area (Å²) >= 11 is 0. The Morgan fingerprint density at radius 3 is 2.70 bits per heavy atom. The van der Waals surface area contributed by atoms with Crippen LogP contribution in [0, 0.1) is 5.41 Å². The van der Waals surface area contributed by atoms with Crippen LogP contribution in [0.4, 0.5) is 0 Å². The second-order valence-electron chi connectivity index (χ2n) is 7.03. The van der Waals surface area contributed by atoms with Gasteiger partial charge < -0.3 is 20.1 Å². The number of rotatable bonds is 8. The third-order valence-electron chi connectivity index (χ3n) is 4.82. The van der Waals surface area contributed by atoms with Gasteiger partial charge in [0, 0.05) is 37.9 Å². The standard InChI is InChI=1S/C18H24N4O4S.CH2O2/c1-26-16-5-3-4-14(8-16)9-18(11-22(12-18)27(2,24)25)17(23)20-7-6-15-10-19-13-21-15;2-1-3/h3-5,8,10,13H,6-7,9,11-12H2,1-2H3,(H,19,21)(H,20,23);1H,(H,2,3). The van der Waals surface area contributed by atoms with E-state index >= 15 is 0 Å². The minimum atomic E-state index is -3.32. The first-order valence-corrected chi connectivity index (χ1v) is 11.0. The number of nitrogens with one attached hydrogen (secondary N) is 2. The van der Waals surface area contributed by atoms with Crippen LogP contribution in [-0.4, -0.2) is 73.2 Å². The van der Waals surface area contributed by atoms with E-state index in [1.807, 2.05) is 24.3 Å². The fraction of sp³-hybridized carbons (Fsp3) is 0.421. The highest BCUT2D eigenvalue weighted by Gasteiger charge is 2.52. The number of ether oxygens (including phenoxy) is 1. The van der Waals surface area contributed by atoms with E-state index in [0.717, 1.165) is 11.3 Å². The van der Waals surface area contributed by atoms with E-state index in [2.05, 4.69) is 15.3 Å². The lowest BCUT2D eigenvalue weighted by Gasteiger charge is -2.47. The fourth-order valence-corrected chi connectivity index (χ4v) is 4.26. The number of hydrogen-bond acceptors (Lipinski definition) is 6. The van der Waals surface area contributed by atoms with Crippen LogP contribution >= 0.6 is 0 Å². The summed E-state index contributed by atoms with van der Waals surface area (Å²) < 4.78 is 30.2. The fourth-order valence-electron chi connectivity index (χ4n) is 3.29. The van der Waals surface area contributed by atoms with Gasteiger partial charge in [-0.3, -0.25) is 9.59 Å². The lowest BCUT2D eigenvalue weighted by Crippen LogP contribution is -2.65. The first-order chi connectivity index (χ1) is 14.2. The number of carbonyl (C=O) groups excluding carboxylic acids is 1. The van der Waals surface area contributed by atoms with Crippen molar-refractivity contribution in [1.82, 2.24) is 19.6 Å². The van der Waals surface area contributed by atoms with Gasteiger partial charge in [-0.2, -0.15) is 4.31 Å². The molecule has 0 atom stereocenters. The molecular formula is C19H26N4O6S. The predicted octanol–water partition coefficient (Wildman–Crippen LogP) is 0.282. The lowest BCUT2D eigenvalue weighted by molar-refractivity contribution is -0.137. The van der Waals surface area contributed by atoms with Crippen molar-refractivity contribution in [1.29, 1.82) is 0 Å². The molecule has 0 bridgehead atoms. The molecule has 1 fully saturated rings. The second-order valence-corrected chi connectivity index (χ2v) is 9.01. The Morgan fingerprint density at radius 1 is 1.43 bits per heavy atom. The SMILES string of the molecule is COc1cccc(CC2(C(=O)NCCc3cnc[nH]3)CN(S(C)(=O)=O)C2)c1.O=CO. The lowest BCUT2D eigenvalue weighted by atomic mass is 9.75. The zero-order chi connectivity index (χ0) is 22.2. The molecule has 10 nitrogen and oxygen atoms in total. The average molecular weight is 439 g/mol. The summed E-state index contributed by atoms with van der Waals surface area (Å²) in [5.41, 5.74) is 1.10. The van der Waals surface area contributed by atoms with E-state index in [0.29, 0.717) is 25.1 Å². The summed E-state index contributed by atoms with van der Waals surface area (Å²) in [5, 5.41) is 9.83. The molecule has 0 unspecified atom stereocenters. The minimum Gasteiger partial charge on any atom is -0.497 e. The van der Waals surface area contributed by atoms with Crippen molar-refractivity contribution >= 4 is 22.4 Å². The van der Waals surface area contributed by atoms with Gasteiger partial charge in [-0.15, -0.1) is 0 Å². The van der Waals surface area contributed by atoms with Crippen molar-refractivity contribution in [2.45, 2.75) is 12.8 Å². The van der Waals surface area contributed by atoms with Gasteiger partial charge in [0.15, 0.2) is 0 Å². The topological polar surface area (TPSA) is 142 Å². The molecule has 2 heterocycles. The molecule has 0 radical (unpaired) electrons. The maximum atomic E-state index is 12.9. The Bertz CT molecular complexity index is 940. The zero-order valence-corrected chi connectivity index (χ0v) is 17.7. The molecule has 1 saturated heterocycles. The number of carboxylic acid groups (broad SMARTS) is 1. The van der Waals surface area contributed by atoms with Crippen molar-refractivity contribution in [2.75, 3.05) is 33.0 Å².